The molecule has 3 atom stereocenters. The van der Waals surface area contributed by atoms with Crippen LogP contribution >= 0.6 is 0 Å². The van der Waals surface area contributed by atoms with Crippen LogP contribution in [0.2, 0.25) is 0 Å². The number of rotatable bonds is 5. The number of aliphatic carboxylic acids is 1. The topological polar surface area (TPSA) is 58.6 Å². The van der Waals surface area contributed by atoms with E-state index in [4.69, 9.17) is 9.84 Å². The fourth-order valence-corrected chi connectivity index (χ4v) is 2.10. The first-order chi connectivity index (χ1) is 7.03. The van der Waals surface area contributed by atoms with E-state index in [-0.39, 0.29) is 12.1 Å². The van der Waals surface area contributed by atoms with Crippen LogP contribution in [0, 0.1) is 0 Å². The summed E-state index contributed by atoms with van der Waals surface area (Å²) in [4.78, 5) is 11.1. The molecule has 0 aromatic rings. The molecule has 0 aromatic carbocycles. The predicted molar refractivity (Wildman–Crippen MR) is 57.9 cm³/mol. The molecule has 4 heteroatoms. The maximum Gasteiger partial charge on any atom is 0.323 e. The zero-order valence-electron chi connectivity index (χ0n) is 9.75. The van der Waals surface area contributed by atoms with E-state index in [1.165, 1.54) is 0 Å². The number of carboxylic acid groups (broad SMARTS) is 1. The van der Waals surface area contributed by atoms with Gasteiger partial charge >= 0.3 is 5.97 Å². The van der Waals surface area contributed by atoms with Crippen molar-refractivity contribution >= 4 is 5.97 Å². The Morgan fingerprint density at radius 1 is 1.60 bits per heavy atom. The van der Waals surface area contributed by atoms with Gasteiger partial charge in [-0.25, -0.2) is 0 Å². The third-order valence-corrected chi connectivity index (χ3v) is 3.44. The van der Waals surface area contributed by atoms with E-state index in [2.05, 4.69) is 5.32 Å². The van der Waals surface area contributed by atoms with Crippen LogP contribution in [0.15, 0.2) is 0 Å². The first kappa shape index (κ1) is 12.5. The second kappa shape index (κ2) is 4.94. The lowest BCUT2D eigenvalue weighted by Crippen LogP contribution is -2.55. The van der Waals surface area contributed by atoms with E-state index in [1.807, 2.05) is 6.92 Å². The zero-order valence-corrected chi connectivity index (χ0v) is 9.75. The third-order valence-electron chi connectivity index (χ3n) is 3.44. The average Bonchev–Trinajstić information content (AvgIpc) is 2.64. The number of hydrogen-bond donors (Lipinski definition) is 2. The van der Waals surface area contributed by atoms with Gasteiger partial charge in [-0.15, -0.1) is 0 Å². The quantitative estimate of drug-likeness (QED) is 0.727. The van der Waals surface area contributed by atoms with Crippen molar-refractivity contribution in [3.8, 4) is 0 Å². The van der Waals surface area contributed by atoms with E-state index < -0.39 is 11.5 Å². The van der Waals surface area contributed by atoms with Crippen molar-refractivity contribution in [3.63, 3.8) is 0 Å². The van der Waals surface area contributed by atoms with Gasteiger partial charge in [0, 0.05) is 13.2 Å². The summed E-state index contributed by atoms with van der Waals surface area (Å²) in [7, 11) is 1.69. The molecule has 0 amide bonds. The molecule has 1 rings (SSSR count). The molecule has 2 N–H and O–H groups in total. The van der Waals surface area contributed by atoms with Crippen LogP contribution < -0.4 is 5.32 Å². The molecule has 0 aliphatic heterocycles. The number of carbonyl (C=O) groups is 1. The zero-order chi connectivity index (χ0) is 11.5. The van der Waals surface area contributed by atoms with Gasteiger partial charge in [0.05, 0.1) is 6.10 Å². The molecule has 4 nitrogen and oxygen atoms in total. The van der Waals surface area contributed by atoms with E-state index >= 15 is 0 Å². The van der Waals surface area contributed by atoms with Gasteiger partial charge in [0.1, 0.15) is 5.54 Å². The van der Waals surface area contributed by atoms with Crippen LogP contribution in [0.5, 0.6) is 0 Å². The lowest BCUT2D eigenvalue weighted by molar-refractivity contribution is -0.145. The maximum atomic E-state index is 11.1. The van der Waals surface area contributed by atoms with Crippen LogP contribution in [-0.4, -0.2) is 35.9 Å². The molecule has 1 fully saturated rings. The molecule has 0 heterocycles. The maximum absolute atomic E-state index is 11.1. The summed E-state index contributed by atoms with van der Waals surface area (Å²) in [6.45, 7) is 3.62. The Morgan fingerprint density at radius 2 is 2.27 bits per heavy atom. The number of nitrogens with one attached hydrogen (secondary N) is 1. The second-order valence-electron chi connectivity index (χ2n) is 4.45. The first-order valence-corrected chi connectivity index (χ1v) is 5.57. The Bertz CT molecular complexity index is 232. The fraction of sp³-hybridized carbons (Fsp3) is 0.909. The molecular weight excluding hydrogens is 194 g/mol. The molecule has 0 aromatic heterocycles. The number of methoxy groups -OCH3 is 1. The molecule has 15 heavy (non-hydrogen) atoms. The van der Waals surface area contributed by atoms with Crippen molar-refractivity contribution < 1.29 is 14.6 Å². The standard InChI is InChI=1S/C11H21NO3/c1-4-11(2,10(13)14)12-8-6-5-7-9(8)15-3/h8-9,12H,4-7H2,1-3H3,(H,13,14). The monoisotopic (exact) mass is 215 g/mol. The Hall–Kier alpha value is -0.610. The van der Waals surface area contributed by atoms with Crippen LogP contribution in [0.25, 0.3) is 0 Å². The lowest BCUT2D eigenvalue weighted by atomic mass is 9.97. The Labute approximate surface area is 91.0 Å². The summed E-state index contributed by atoms with van der Waals surface area (Å²) in [5.41, 5.74) is -0.828. The molecule has 1 aliphatic carbocycles. The van der Waals surface area contributed by atoms with Gasteiger partial charge in [0.25, 0.3) is 0 Å². The SMILES string of the molecule is CCC(C)(NC1CCCC1OC)C(=O)O. The van der Waals surface area contributed by atoms with E-state index in [1.54, 1.807) is 14.0 Å². The van der Waals surface area contributed by atoms with Gasteiger partial charge < -0.3 is 9.84 Å². The smallest absolute Gasteiger partial charge is 0.323 e. The van der Waals surface area contributed by atoms with Crippen molar-refractivity contribution in [2.75, 3.05) is 7.11 Å². The molecule has 0 saturated heterocycles. The fourth-order valence-electron chi connectivity index (χ4n) is 2.10. The van der Waals surface area contributed by atoms with Crippen LogP contribution in [0.1, 0.15) is 39.5 Å². The highest BCUT2D eigenvalue weighted by molar-refractivity contribution is 5.78. The molecule has 88 valence electrons. The number of hydrogen-bond acceptors (Lipinski definition) is 3. The van der Waals surface area contributed by atoms with Gasteiger partial charge in [-0.3, -0.25) is 10.1 Å². The molecule has 0 radical (unpaired) electrons. The van der Waals surface area contributed by atoms with Crippen LogP contribution in [-0.2, 0) is 9.53 Å². The molecule has 1 saturated carbocycles. The highest BCUT2D eigenvalue weighted by atomic mass is 16.5. The normalized spacial score (nSPS) is 30.1. The molecule has 1 aliphatic rings. The number of ether oxygens (including phenoxy) is 1. The minimum absolute atomic E-state index is 0.162. The van der Waals surface area contributed by atoms with Crippen LogP contribution in [0.3, 0.4) is 0 Å². The number of carboxylic acids is 1. The Balaban J connectivity index is 2.62. The molecule has 0 spiro atoms. The summed E-state index contributed by atoms with van der Waals surface area (Å²) < 4.78 is 5.34. The largest absolute Gasteiger partial charge is 0.480 e. The first-order valence-electron chi connectivity index (χ1n) is 5.57. The van der Waals surface area contributed by atoms with Crippen molar-refractivity contribution in [2.24, 2.45) is 0 Å². The highest BCUT2D eigenvalue weighted by Gasteiger charge is 2.37. The van der Waals surface area contributed by atoms with Crippen molar-refractivity contribution in [3.05, 3.63) is 0 Å². The molecule has 3 unspecified atom stereocenters. The lowest BCUT2D eigenvalue weighted by Gasteiger charge is -2.31. The van der Waals surface area contributed by atoms with Crippen molar-refractivity contribution in [2.45, 2.75) is 57.2 Å². The minimum Gasteiger partial charge on any atom is -0.480 e. The van der Waals surface area contributed by atoms with E-state index in [0.29, 0.717) is 6.42 Å². The minimum atomic E-state index is -0.828. The molecular formula is C11H21NO3. The molecule has 0 bridgehead atoms. The highest BCUT2D eigenvalue weighted by Crippen LogP contribution is 2.24. The van der Waals surface area contributed by atoms with Gasteiger partial charge in [-0.05, 0) is 32.6 Å². The van der Waals surface area contributed by atoms with Gasteiger partial charge in [0.2, 0.25) is 0 Å². The second-order valence-corrected chi connectivity index (χ2v) is 4.45. The Morgan fingerprint density at radius 3 is 2.73 bits per heavy atom. The Kier molecular flexibility index (Phi) is 4.11. The third kappa shape index (κ3) is 2.69. The summed E-state index contributed by atoms with van der Waals surface area (Å²) in [6.07, 6.45) is 3.87. The van der Waals surface area contributed by atoms with Crippen molar-refractivity contribution in [1.29, 1.82) is 0 Å². The van der Waals surface area contributed by atoms with Gasteiger partial charge in [0.15, 0.2) is 0 Å². The average molecular weight is 215 g/mol. The van der Waals surface area contributed by atoms with Crippen LogP contribution in [0.4, 0.5) is 0 Å². The van der Waals surface area contributed by atoms with Gasteiger partial charge in [-0.2, -0.15) is 0 Å². The summed E-state index contributed by atoms with van der Waals surface area (Å²) in [6, 6.07) is 0.177. The van der Waals surface area contributed by atoms with Crippen molar-refractivity contribution in [1.82, 2.24) is 5.32 Å². The summed E-state index contributed by atoms with van der Waals surface area (Å²) >= 11 is 0. The summed E-state index contributed by atoms with van der Waals surface area (Å²) in [5, 5.41) is 12.4. The van der Waals surface area contributed by atoms with E-state index in [9.17, 15) is 4.79 Å². The summed E-state index contributed by atoms with van der Waals surface area (Å²) in [5.74, 6) is -0.785. The van der Waals surface area contributed by atoms with Gasteiger partial charge in [-0.1, -0.05) is 6.92 Å². The predicted octanol–water partition coefficient (Wildman–Crippen LogP) is 1.40. The van der Waals surface area contributed by atoms with E-state index in [0.717, 1.165) is 19.3 Å².